The molecule has 0 aliphatic heterocycles. The summed E-state index contributed by atoms with van der Waals surface area (Å²) in [5.74, 6) is 0. The van der Waals surface area contributed by atoms with Crippen LogP contribution in [-0.4, -0.2) is 42.2 Å². The zero-order chi connectivity index (χ0) is 20.8. The molecule has 0 saturated heterocycles. The Labute approximate surface area is 180 Å². The van der Waals surface area contributed by atoms with Crippen LogP contribution in [0.4, 0.5) is 0 Å². The van der Waals surface area contributed by atoms with Crippen molar-refractivity contribution in [2.24, 2.45) is 0 Å². The maximum atomic E-state index is 13.3. The Bertz CT molecular complexity index is 565. The Balaban J connectivity index is 1.75. The third-order valence-electron chi connectivity index (χ3n) is 5.77. The number of benzene rings is 1. The SMILES string of the molecule is CCCCCCCCCCC[C@@]1(S(=O)c2ccccc2)C[C@H]1OCOCCOC. The van der Waals surface area contributed by atoms with E-state index in [9.17, 15) is 4.21 Å². The lowest BCUT2D eigenvalue weighted by molar-refractivity contribution is -0.0748. The smallest absolute Gasteiger partial charge is 0.147 e. The number of hydrogen-bond donors (Lipinski definition) is 0. The fraction of sp³-hybridized carbons (Fsp3) is 0.750. The molecule has 4 nitrogen and oxygen atoms in total. The van der Waals surface area contributed by atoms with Crippen LogP contribution in [0, 0.1) is 0 Å². The molecule has 0 heterocycles. The van der Waals surface area contributed by atoms with E-state index in [1.54, 1.807) is 7.11 Å². The first-order valence-electron chi connectivity index (χ1n) is 11.4. The molecule has 1 aliphatic carbocycles. The van der Waals surface area contributed by atoms with E-state index < -0.39 is 10.8 Å². The molecule has 0 N–H and O–H groups in total. The molecule has 1 aromatic carbocycles. The van der Waals surface area contributed by atoms with Gasteiger partial charge < -0.3 is 14.2 Å². The summed E-state index contributed by atoms with van der Waals surface area (Å²) < 4.78 is 29.4. The van der Waals surface area contributed by atoms with Crippen molar-refractivity contribution in [3.63, 3.8) is 0 Å². The topological polar surface area (TPSA) is 44.8 Å². The molecule has 166 valence electrons. The Morgan fingerprint density at radius 2 is 1.62 bits per heavy atom. The fourth-order valence-electron chi connectivity index (χ4n) is 3.86. The van der Waals surface area contributed by atoms with Crippen molar-refractivity contribution in [1.29, 1.82) is 0 Å². The largest absolute Gasteiger partial charge is 0.382 e. The van der Waals surface area contributed by atoms with E-state index >= 15 is 0 Å². The van der Waals surface area contributed by atoms with E-state index in [1.807, 2.05) is 30.3 Å². The standard InChI is InChI=1S/C24H40O4S/c1-3-4-5-6-7-8-9-10-14-17-24(29(25)22-15-12-11-13-16-22)20-23(24)28-21-27-19-18-26-2/h11-13,15-16,23H,3-10,14,17-21H2,1-2H3/t23-,24-,29?/m1/s1. The lowest BCUT2D eigenvalue weighted by Gasteiger charge is -2.17. The van der Waals surface area contributed by atoms with Crippen LogP contribution in [0.5, 0.6) is 0 Å². The molecule has 0 radical (unpaired) electrons. The van der Waals surface area contributed by atoms with Crippen molar-refractivity contribution < 1.29 is 18.4 Å². The summed E-state index contributed by atoms with van der Waals surface area (Å²) in [7, 11) is 0.618. The van der Waals surface area contributed by atoms with Crippen LogP contribution in [0.3, 0.4) is 0 Å². The number of methoxy groups -OCH3 is 1. The molecular weight excluding hydrogens is 384 g/mol. The molecule has 1 aromatic rings. The van der Waals surface area contributed by atoms with Crippen LogP contribution < -0.4 is 0 Å². The summed E-state index contributed by atoms with van der Waals surface area (Å²) in [6, 6.07) is 9.84. The minimum atomic E-state index is -1.04. The van der Waals surface area contributed by atoms with Gasteiger partial charge in [-0.1, -0.05) is 82.9 Å². The monoisotopic (exact) mass is 424 g/mol. The van der Waals surface area contributed by atoms with E-state index in [1.165, 1.54) is 51.4 Å². The first kappa shape index (κ1) is 24.5. The van der Waals surface area contributed by atoms with Gasteiger partial charge in [0, 0.05) is 12.0 Å². The number of hydrogen-bond acceptors (Lipinski definition) is 4. The molecule has 5 heteroatoms. The maximum Gasteiger partial charge on any atom is 0.147 e. The summed E-state index contributed by atoms with van der Waals surface area (Å²) in [5.41, 5.74) is 0. The minimum Gasteiger partial charge on any atom is -0.382 e. The molecule has 2 rings (SSSR count). The normalized spacial score (nSPS) is 21.9. The van der Waals surface area contributed by atoms with Gasteiger partial charge in [-0.3, -0.25) is 4.21 Å². The Morgan fingerprint density at radius 3 is 2.28 bits per heavy atom. The second-order valence-electron chi connectivity index (χ2n) is 8.10. The van der Waals surface area contributed by atoms with Crippen molar-refractivity contribution in [2.45, 2.75) is 93.3 Å². The Hall–Kier alpha value is -0.750. The number of unbranched alkanes of at least 4 members (excludes halogenated alkanes) is 8. The van der Waals surface area contributed by atoms with Crippen LogP contribution in [0.25, 0.3) is 0 Å². The first-order valence-corrected chi connectivity index (χ1v) is 12.5. The maximum absolute atomic E-state index is 13.3. The summed E-state index contributed by atoms with van der Waals surface area (Å²) >= 11 is 0. The molecule has 0 spiro atoms. The highest BCUT2D eigenvalue weighted by atomic mass is 32.2. The molecule has 29 heavy (non-hydrogen) atoms. The second-order valence-corrected chi connectivity index (χ2v) is 9.93. The lowest BCUT2D eigenvalue weighted by atomic mass is 10.1. The summed E-state index contributed by atoms with van der Waals surface area (Å²) in [6.07, 6.45) is 13.6. The molecule has 0 bridgehead atoms. The predicted octanol–water partition coefficient (Wildman–Crippen LogP) is 5.86. The van der Waals surface area contributed by atoms with E-state index in [0.717, 1.165) is 24.2 Å². The van der Waals surface area contributed by atoms with Gasteiger partial charge in [0.1, 0.15) is 6.79 Å². The lowest BCUT2D eigenvalue weighted by Crippen LogP contribution is -2.24. The van der Waals surface area contributed by atoms with Crippen LogP contribution >= 0.6 is 0 Å². The van der Waals surface area contributed by atoms with Gasteiger partial charge in [-0.15, -0.1) is 0 Å². The van der Waals surface area contributed by atoms with Gasteiger partial charge in [0.2, 0.25) is 0 Å². The van der Waals surface area contributed by atoms with Crippen molar-refractivity contribution >= 4 is 10.8 Å². The summed E-state index contributed by atoms with van der Waals surface area (Å²) in [6.45, 7) is 3.60. The van der Waals surface area contributed by atoms with E-state index in [4.69, 9.17) is 14.2 Å². The Morgan fingerprint density at radius 1 is 0.966 bits per heavy atom. The highest BCUT2D eigenvalue weighted by molar-refractivity contribution is 7.87. The first-order chi connectivity index (χ1) is 14.2. The van der Waals surface area contributed by atoms with Crippen LogP contribution in [0.1, 0.15) is 77.6 Å². The molecule has 1 aliphatic rings. The van der Waals surface area contributed by atoms with E-state index in [2.05, 4.69) is 6.92 Å². The molecular formula is C24H40O4S. The van der Waals surface area contributed by atoms with Crippen LogP contribution in [-0.2, 0) is 25.0 Å². The molecule has 0 aromatic heterocycles. The minimum absolute atomic E-state index is 0.0279. The second kappa shape index (κ2) is 14.3. The van der Waals surface area contributed by atoms with Crippen molar-refractivity contribution in [1.82, 2.24) is 0 Å². The van der Waals surface area contributed by atoms with E-state index in [-0.39, 0.29) is 17.6 Å². The molecule has 1 saturated carbocycles. The van der Waals surface area contributed by atoms with Gasteiger partial charge in [-0.25, -0.2) is 0 Å². The number of rotatable bonds is 18. The average Bonchev–Trinajstić information content (AvgIpc) is 3.46. The third-order valence-corrected chi connectivity index (χ3v) is 7.84. The zero-order valence-electron chi connectivity index (χ0n) is 18.4. The molecule has 1 fully saturated rings. The zero-order valence-corrected chi connectivity index (χ0v) is 19.2. The van der Waals surface area contributed by atoms with Crippen LogP contribution in [0.2, 0.25) is 0 Å². The summed E-state index contributed by atoms with van der Waals surface area (Å²) in [5, 5.41) is 0. The van der Waals surface area contributed by atoms with Crippen LogP contribution in [0.15, 0.2) is 35.2 Å². The Kier molecular flexibility index (Phi) is 12.1. The van der Waals surface area contributed by atoms with Gasteiger partial charge in [0.25, 0.3) is 0 Å². The summed E-state index contributed by atoms with van der Waals surface area (Å²) in [4.78, 5) is 0.912. The van der Waals surface area contributed by atoms with Gasteiger partial charge >= 0.3 is 0 Å². The van der Waals surface area contributed by atoms with Gasteiger partial charge in [0.05, 0.1) is 34.9 Å². The average molecular weight is 425 g/mol. The highest BCUT2D eigenvalue weighted by Gasteiger charge is 2.59. The van der Waals surface area contributed by atoms with Gasteiger partial charge in [0.15, 0.2) is 0 Å². The quantitative estimate of drug-likeness (QED) is 0.219. The highest BCUT2D eigenvalue weighted by Crippen LogP contribution is 2.50. The number of ether oxygens (including phenoxy) is 3. The van der Waals surface area contributed by atoms with Gasteiger partial charge in [-0.05, 0) is 25.0 Å². The predicted molar refractivity (Wildman–Crippen MR) is 120 cm³/mol. The van der Waals surface area contributed by atoms with Gasteiger partial charge in [-0.2, -0.15) is 0 Å². The van der Waals surface area contributed by atoms with Crippen molar-refractivity contribution in [3.05, 3.63) is 30.3 Å². The third kappa shape index (κ3) is 8.49. The fourth-order valence-corrected chi connectivity index (χ4v) is 5.67. The molecule has 3 atom stereocenters. The molecule has 0 amide bonds. The molecule has 1 unspecified atom stereocenters. The van der Waals surface area contributed by atoms with E-state index in [0.29, 0.717) is 13.2 Å². The van der Waals surface area contributed by atoms with Crippen molar-refractivity contribution in [2.75, 3.05) is 27.1 Å². The van der Waals surface area contributed by atoms with Crippen molar-refractivity contribution in [3.8, 4) is 0 Å².